The number of thiol groups is 1. The maximum absolute atomic E-state index is 5.67. The van der Waals surface area contributed by atoms with Gasteiger partial charge in [0.2, 0.25) is 0 Å². The van der Waals surface area contributed by atoms with E-state index < -0.39 is 0 Å². The van der Waals surface area contributed by atoms with Crippen molar-refractivity contribution in [2.24, 2.45) is 11.7 Å². The summed E-state index contributed by atoms with van der Waals surface area (Å²) in [4.78, 5) is 0. The predicted octanol–water partition coefficient (Wildman–Crippen LogP) is 1.04. The maximum atomic E-state index is 5.67. The molecule has 8 heavy (non-hydrogen) atoms. The number of hydrogen-bond donors (Lipinski definition) is 2. The van der Waals surface area contributed by atoms with Crippen LogP contribution in [0.3, 0.4) is 0 Å². The molecule has 2 atom stereocenters. The van der Waals surface area contributed by atoms with E-state index in [9.17, 15) is 0 Å². The van der Waals surface area contributed by atoms with E-state index in [0.717, 1.165) is 11.7 Å². The van der Waals surface area contributed by atoms with Crippen LogP contribution in [0.15, 0.2) is 0 Å². The minimum absolute atomic E-state index is 0.479. The van der Waals surface area contributed by atoms with Crippen molar-refractivity contribution in [3.63, 3.8) is 0 Å². The van der Waals surface area contributed by atoms with Crippen molar-refractivity contribution >= 4 is 12.6 Å². The molecule has 1 aliphatic rings. The van der Waals surface area contributed by atoms with Gasteiger partial charge in [0.25, 0.3) is 0 Å². The fourth-order valence-corrected chi connectivity index (χ4v) is 1.61. The first-order valence-corrected chi connectivity index (χ1v) is 3.82. The summed E-state index contributed by atoms with van der Waals surface area (Å²) in [6.07, 6.45) is 3.71. The summed E-state index contributed by atoms with van der Waals surface area (Å²) in [7, 11) is 0. The summed E-state index contributed by atoms with van der Waals surface area (Å²) < 4.78 is 0. The predicted molar refractivity (Wildman–Crippen MR) is 39.2 cm³/mol. The molecule has 0 unspecified atom stereocenters. The minimum atomic E-state index is 0.479. The van der Waals surface area contributed by atoms with Gasteiger partial charge in [-0.15, -0.1) is 0 Å². The van der Waals surface area contributed by atoms with Crippen LogP contribution in [0.25, 0.3) is 0 Å². The highest BCUT2D eigenvalue weighted by atomic mass is 32.1. The molecule has 1 rings (SSSR count). The quantitative estimate of drug-likeness (QED) is 0.511. The second kappa shape index (κ2) is 2.74. The number of hydrogen-bond acceptors (Lipinski definition) is 2. The summed E-state index contributed by atoms with van der Waals surface area (Å²) in [5.41, 5.74) is 5.67. The van der Waals surface area contributed by atoms with Gasteiger partial charge in [-0.1, -0.05) is 0 Å². The van der Waals surface area contributed by atoms with E-state index in [0.29, 0.717) is 6.04 Å². The van der Waals surface area contributed by atoms with E-state index in [4.69, 9.17) is 5.73 Å². The topological polar surface area (TPSA) is 26.0 Å². The monoisotopic (exact) mass is 131 g/mol. The van der Waals surface area contributed by atoms with Crippen molar-refractivity contribution in [1.82, 2.24) is 0 Å². The fourth-order valence-electron chi connectivity index (χ4n) is 1.28. The zero-order valence-corrected chi connectivity index (χ0v) is 5.90. The molecule has 0 spiro atoms. The third-order valence-corrected chi connectivity index (χ3v) is 2.36. The average Bonchev–Trinajstić information content (AvgIpc) is 2.14. The van der Waals surface area contributed by atoms with Gasteiger partial charge in [0.05, 0.1) is 0 Å². The maximum Gasteiger partial charge on any atom is 0.00418 e. The largest absolute Gasteiger partial charge is 0.328 e. The molecule has 0 aliphatic heterocycles. The molecule has 0 aromatic heterocycles. The molecular formula is C6H13NS. The van der Waals surface area contributed by atoms with E-state index in [-0.39, 0.29) is 0 Å². The Morgan fingerprint density at radius 2 is 2.25 bits per heavy atom. The van der Waals surface area contributed by atoms with E-state index in [1.807, 2.05) is 0 Å². The Morgan fingerprint density at radius 3 is 2.50 bits per heavy atom. The van der Waals surface area contributed by atoms with Crippen LogP contribution >= 0.6 is 12.6 Å². The van der Waals surface area contributed by atoms with Crippen LogP contribution in [0.2, 0.25) is 0 Å². The van der Waals surface area contributed by atoms with Crippen LogP contribution in [0, 0.1) is 5.92 Å². The van der Waals surface area contributed by atoms with Gasteiger partial charge in [-0.05, 0) is 30.9 Å². The smallest absolute Gasteiger partial charge is 0.00418 e. The molecular weight excluding hydrogens is 118 g/mol. The van der Waals surface area contributed by atoms with Gasteiger partial charge in [0, 0.05) is 6.04 Å². The van der Waals surface area contributed by atoms with Crippen molar-refractivity contribution in [1.29, 1.82) is 0 Å². The van der Waals surface area contributed by atoms with E-state index in [1.54, 1.807) is 0 Å². The van der Waals surface area contributed by atoms with Gasteiger partial charge in [-0.25, -0.2) is 0 Å². The van der Waals surface area contributed by atoms with Crippen LogP contribution in [0.1, 0.15) is 19.3 Å². The van der Waals surface area contributed by atoms with Crippen molar-refractivity contribution in [2.75, 3.05) is 5.75 Å². The molecule has 2 N–H and O–H groups in total. The highest BCUT2D eigenvalue weighted by Gasteiger charge is 2.19. The third kappa shape index (κ3) is 1.39. The molecule has 1 fully saturated rings. The fraction of sp³-hybridized carbons (Fsp3) is 1.00. The lowest BCUT2D eigenvalue weighted by Crippen LogP contribution is -2.14. The van der Waals surface area contributed by atoms with E-state index >= 15 is 0 Å². The Labute approximate surface area is 56.1 Å². The Kier molecular flexibility index (Phi) is 2.20. The molecule has 0 amide bonds. The van der Waals surface area contributed by atoms with Crippen LogP contribution in [0.5, 0.6) is 0 Å². The zero-order chi connectivity index (χ0) is 5.98. The summed E-state index contributed by atoms with van der Waals surface area (Å²) in [6, 6.07) is 0.479. The van der Waals surface area contributed by atoms with Crippen molar-refractivity contribution in [3.05, 3.63) is 0 Å². The highest BCUT2D eigenvalue weighted by molar-refractivity contribution is 7.80. The normalized spacial score (nSPS) is 38.2. The third-order valence-electron chi connectivity index (χ3n) is 1.84. The van der Waals surface area contributed by atoms with E-state index in [1.165, 1.54) is 19.3 Å². The molecule has 2 heteroatoms. The molecule has 0 saturated heterocycles. The van der Waals surface area contributed by atoms with Gasteiger partial charge in [0.15, 0.2) is 0 Å². The summed E-state index contributed by atoms with van der Waals surface area (Å²) in [5, 5.41) is 0. The Hall–Kier alpha value is 0.310. The first-order valence-electron chi connectivity index (χ1n) is 3.19. The highest BCUT2D eigenvalue weighted by Crippen LogP contribution is 2.24. The molecule has 0 heterocycles. The first-order chi connectivity index (χ1) is 3.83. The molecule has 0 aromatic carbocycles. The van der Waals surface area contributed by atoms with Gasteiger partial charge in [0.1, 0.15) is 0 Å². The Bertz CT molecular complexity index is 74.9. The lowest BCUT2D eigenvalue weighted by molar-refractivity contribution is 0.605. The van der Waals surface area contributed by atoms with Crippen LogP contribution in [-0.2, 0) is 0 Å². The molecule has 48 valence electrons. The summed E-state index contributed by atoms with van der Waals surface area (Å²) in [6.45, 7) is 0. The number of rotatable bonds is 1. The second-order valence-electron chi connectivity index (χ2n) is 2.62. The minimum Gasteiger partial charge on any atom is -0.328 e. The van der Waals surface area contributed by atoms with Gasteiger partial charge in [-0.3, -0.25) is 0 Å². The second-order valence-corrected chi connectivity index (χ2v) is 2.99. The van der Waals surface area contributed by atoms with Gasteiger partial charge in [-0.2, -0.15) is 12.6 Å². The van der Waals surface area contributed by atoms with E-state index in [2.05, 4.69) is 12.6 Å². The molecule has 0 bridgehead atoms. The SMILES string of the molecule is N[C@@H]1CC[C@H](CS)C1. The Morgan fingerprint density at radius 1 is 1.50 bits per heavy atom. The number of nitrogens with two attached hydrogens (primary N) is 1. The summed E-state index contributed by atoms with van der Waals surface area (Å²) >= 11 is 4.20. The van der Waals surface area contributed by atoms with Crippen molar-refractivity contribution < 1.29 is 0 Å². The first kappa shape index (κ1) is 6.43. The van der Waals surface area contributed by atoms with Gasteiger partial charge >= 0.3 is 0 Å². The van der Waals surface area contributed by atoms with Crippen LogP contribution < -0.4 is 5.73 Å². The van der Waals surface area contributed by atoms with Crippen molar-refractivity contribution in [3.8, 4) is 0 Å². The molecule has 1 aliphatic carbocycles. The standard InChI is InChI=1S/C6H13NS/c7-6-2-1-5(3-6)4-8/h5-6,8H,1-4,7H2/t5-,6+/m0/s1. The lowest BCUT2D eigenvalue weighted by atomic mass is 10.1. The average molecular weight is 131 g/mol. The Balaban J connectivity index is 2.22. The molecule has 1 nitrogen and oxygen atoms in total. The van der Waals surface area contributed by atoms with Crippen LogP contribution in [-0.4, -0.2) is 11.8 Å². The van der Waals surface area contributed by atoms with Crippen LogP contribution in [0.4, 0.5) is 0 Å². The molecule has 1 saturated carbocycles. The lowest BCUT2D eigenvalue weighted by Gasteiger charge is -2.01. The summed E-state index contributed by atoms with van der Waals surface area (Å²) in [5.74, 6) is 1.83. The van der Waals surface area contributed by atoms with Gasteiger partial charge < -0.3 is 5.73 Å². The zero-order valence-electron chi connectivity index (χ0n) is 5.01. The molecule has 0 radical (unpaired) electrons. The van der Waals surface area contributed by atoms with Crippen molar-refractivity contribution in [2.45, 2.75) is 25.3 Å². The molecule has 0 aromatic rings.